The van der Waals surface area contributed by atoms with Crippen LogP contribution in [0.25, 0.3) is 22.4 Å². The van der Waals surface area contributed by atoms with E-state index in [1.807, 2.05) is 18.2 Å². The first-order valence-corrected chi connectivity index (χ1v) is 11.1. The van der Waals surface area contributed by atoms with Gasteiger partial charge in [0.25, 0.3) is 5.71 Å². The molecule has 0 spiro atoms. The molecule has 2 aromatic heterocycles. The average molecular weight is 445 g/mol. The van der Waals surface area contributed by atoms with Crippen LogP contribution in [-0.2, 0) is 11.2 Å². The Hall–Kier alpha value is -3.81. The van der Waals surface area contributed by atoms with Crippen LogP contribution < -0.4 is 10.2 Å². The van der Waals surface area contributed by atoms with Crippen LogP contribution in [0.4, 0.5) is 15.9 Å². The zero-order valence-electron chi connectivity index (χ0n) is 18.3. The van der Waals surface area contributed by atoms with E-state index in [0.29, 0.717) is 34.7 Å². The molecule has 1 N–H and O–H groups in total. The molecule has 5 rings (SSSR count). The summed E-state index contributed by atoms with van der Waals surface area (Å²) in [5, 5.41) is 7.91. The van der Waals surface area contributed by atoms with Crippen LogP contribution >= 0.6 is 0 Å². The molecule has 1 fully saturated rings. The highest BCUT2D eigenvalue weighted by Gasteiger charge is 2.29. The first-order valence-electron chi connectivity index (χ1n) is 11.1. The van der Waals surface area contributed by atoms with Crippen molar-refractivity contribution < 1.29 is 13.7 Å². The smallest absolute Gasteiger partial charge is 0.263 e. The summed E-state index contributed by atoms with van der Waals surface area (Å²) in [5.74, 6) is 0.175. The molecule has 0 aliphatic carbocycles. The number of aryl methyl sites for hydroxylation is 1. The van der Waals surface area contributed by atoms with Gasteiger partial charge in [0.2, 0.25) is 5.91 Å². The number of carbonyl (C=O) groups excluding carboxylic acids is 1. The van der Waals surface area contributed by atoms with Gasteiger partial charge in [-0.25, -0.2) is 9.37 Å². The number of nitrogens with zero attached hydrogens (tertiary/aromatic N) is 4. The van der Waals surface area contributed by atoms with E-state index in [1.165, 1.54) is 24.0 Å². The zero-order valence-corrected chi connectivity index (χ0v) is 18.3. The predicted octanol–water partition coefficient (Wildman–Crippen LogP) is 4.84. The number of hydrogen-bond acceptors (Lipinski definition) is 6. The number of aromatic nitrogens is 3. The number of anilines is 2. The van der Waals surface area contributed by atoms with Gasteiger partial charge in [0, 0.05) is 24.3 Å². The molecule has 0 radical (unpaired) electrons. The van der Waals surface area contributed by atoms with Crippen LogP contribution in [0.1, 0.15) is 25.3 Å². The number of hydrogen-bond donors (Lipinski definition) is 1. The number of carbonyl (C=O) groups is 1. The quantitative estimate of drug-likeness (QED) is 0.473. The monoisotopic (exact) mass is 445 g/mol. The molecule has 2 aromatic carbocycles. The summed E-state index contributed by atoms with van der Waals surface area (Å²) in [7, 11) is 0. The fourth-order valence-corrected chi connectivity index (χ4v) is 4.31. The number of amides is 1. The van der Waals surface area contributed by atoms with Crippen LogP contribution in [0.3, 0.4) is 0 Å². The van der Waals surface area contributed by atoms with Crippen molar-refractivity contribution in [3.63, 3.8) is 0 Å². The van der Waals surface area contributed by atoms with Gasteiger partial charge in [-0.05, 0) is 61.2 Å². The molecule has 0 saturated carbocycles. The molecule has 1 saturated heterocycles. The lowest BCUT2D eigenvalue weighted by molar-refractivity contribution is -0.120. The molecule has 7 nitrogen and oxygen atoms in total. The molecule has 1 atom stereocenters. The minimum Gasteiger partial charge on any atom is -0.355 e. The first kappa shape index (κ1) is 21.1. The standard InChI is InChI=1S/C25H24FN5O2/c1-2-16-5-3-7-20(13-16)29-24(32)18-6-4-12-31(14-18)23-21-22(17-8-10-19(26)11-9-17)30-33-25(21)28-15-27-23/h3,5,7-11,13,15,18H,2,4,6,12,14H2,1H3,(H,29,32)/t18-/m1/s1. The molecule has 3 heterocycles. The van der Waals surface area contributed by atoms with Gasteiger partial charge < -0.3 is 14.7 Å². The van der Waals surface area contributed by atoms with Crippen molar-refractivity contribution >= 4 is 28.5 Å². The molecule has 168 valence electrons. The van der Waals surface area contributed by atoms with Crippen LogP contribution in [-0.4, -0.2) is 34.1 Å². The van der Waals surface area contributed by atoms with Crippen LogP contribution in [0.15, 0.2) is 59.4 Å². The highest BCUT2D eigenvalue weighted by atomic mass is 19.1. The first-order chi connectivity index (χ1) is 16.1. The van der Waals surface area contributed by atoms with E-state index in [4.69, 9.17) is 4.52 Å². The number of fused-ring (bicyclic) bond motifs is 1. The van der Waals surface area contributed by atoms with Gasteiger partial charge in [0.15, 0.2) is 0 Å². The molecule has 33 heavy (non-hydrogen) atoms. The minimum atomic E-state index is -0.322. The third-order valence-corrected chi connectivity index (χ3v) is 6.06. The molecule has 0 unspecified atom stereocenters. The van der Waals surface area contributed by atoms with E-state index in [-0.39, 0.29) is 17.6 Å². The van der Waals surface area contributed by atoms with Gasteiger partial charge >= 0.3 is 0 Å². The number of nitrogens with one attached hydrogen (secondary N) is 1. The summed E-state index contributed by atoms with van der Waals surface area (Å²) < 4.78 is 18.9. The zero-order chi connectivity index (χ0) is 22.8. The Morgan fingerprint density at radius 1 is 1.21 bits per heavy atom. The summed E-state index contributed by atoms with van der Waals surface area (Å²) in [4.78, 5) is 23.9. The van der Waals surface area contributed by atoms with Gasteiger partial charge in [0.1, 0.15) is 29.0 Å². The third-order valence-electron chi connectivity index (χ3n) is 6.06. The fraction of sp³-hybridized carbons (Fsp3) is 0.280. The van der Waals surface area contributed by atoms with Crippen molar-refractivity contribution in [1.29, 1.82) is 0 Å². The van der Waals surface area contributed by atoms with Crippen molar-refractivity contribution in [2.24, 2.45) is 5.92 Å². The average Bonchev–Trinajstić information content (AvgIpc) is 3.29. The largest absolute Gasteiger partial charge is 0.355 e. The third kappa shape index (κ3) is 4.28. The Balaban J connectivity index is 1.41. The topological polar surface area (TPSA) is 84.2 Å². The van der Waals surface area contributed by atoms with Crippen LogP contribution in [0.2, 0.25) is 0 Å². The summed E-state index contributed by atoms with van der Waals surface area (Å²) in [6.45, 7) is 3.38. The Labute approximate surface area is 190 Å². The van der Waals surface area contributed by atoms with E-state index in [9.17, 15) is 9.18 Å². The van der Waals surface area contributed by atoms with Crippen molar-refractivity contribution in [3.05, 3.63) is 66.2 Å². The molecule has 1 aliphatic rings. The fourth-order valence-electron chi connectivity index (χ4n) is 4.31. The molecular weight excluding hydrogens is 421 g/mol. The van der Waals surface area contributed by atoms with E-state index in [1.54, 1.807) is 12.1 Å². The lowest BCUT2D eigenvalue weighted by Gasteiger charge is -2.33. The number of halogens is 1. The van der Waals surface area contributed by atoms with Crippen molar-refractivity contribution in [2.45, 2.75) is 26.2 Å². The molecule has 1 aliphatic heterocycles. The maximum Gasteiger partial charge on any atom is 0.263 e. The van der Waals surface area contributed by atoms with Crippen LogP contribution in [0.5, 0.6) is 0 Å². The maximum atomic E-state index is 13.4. The second-order valence-corrected chi connectivity index (χ2v) is 8.24. The molecule has 1 amide bonds. The summed E-state index contributed by atoms with van der Waals surface area (Å²) >= 11 is 0. The van der Waals surface area contributed by atoms with Gasteiger partial charge in [-0.1, -0.05) is 24.2 Å². The van der Waals surface area contributed by atoms with E-state index >= 15 is 0 Å². The summed E-state index contributed by atoms with van der Waals surface area (Å²) in [6, 6.07) is 14.0. The molecular formula is C25H24FN5O2. The van der Waals surface area contributed by atoms with Crippen molar-refractivity contribution in [2.75, 3.05) is 23.3 Å². The molecule has 4 aromatic rings. The maximum absolute atomic E-state index is 13.4. The summed E-state index contributed by atoms with van der Waals surface area (Å²) in [5.41, 5.74) is 3.64. The van der Waals surface area contributed by atoms with Gasteiger partial charge in [-0.3, -0.25) is 4.79 Å². The Kier molecular flexibility index (Phi) is 5.73. The van der Waals surface area contributed by atoms with E-state index in [0.717, 1.165) is 31.5 Å². The van der Waals surface area contributed by atoms with E-state index < -0.39 is 0 Å². The lowest BCUT2D eigenvalue weighted by Crippen LogP contribution is -2.41. The molecule has 8 heteroatoms. The highest BCUT2D eigenvalue weighted by molar-refractivity contribution is 5.98. The van der Waals surface area contributed by atoms with Gasteiger partial charge in [-0.15, -0.1) is 0 Å². The normalized spacial score (nSPS) is 16.2. The Morgan fingerprint density at radius 2 is 2.06 bits per heavy atom. The Bertz CT molecular complexity index is 1290. The van der Waals surface area contributed by atoms with Crippen molar-refractivity contribution in [3.8, 4) is 11.3 Å². The second kappa shape index (κ2) is 8.97. The Morgan fingerprint density at radius 3 is 2.88 bits per heavy atom. The van der Waals surface area contributed by atoms with Crippen LogP contribution in [0, 0.1) is 11.7 Å². The number of benzene rings is 2. The molecule has 0 bridgehead atoms. The van der Waals surface area contributed by atoms with Crippen molar-refractivity contribution in [1.82, 2.24) is 15.1 Å². The number of rotatable bonds is 5. The SMILES string of the molecule is CCc1cccc(NC(=O)[C@@H]2CCCN(c3ncnc4onc(-c5ccc(F)cc5)c34)C2)c1. The minimum absolute atomic E-state index is 0.00216. The highest BCUT2D eigenvalue weighted by Crippen LogP contribution is 2.35. The number of piperidine rings is 1. The van der Waals surface area contributed by atoms with E-state index in [2.05, 4.69) is 38.3 Å². The van der Waals surface area contributed by atoms with Gasteiger partial charge in [0.05, 0.1) is 5.92 Å². The summed E-state index contributed by atoms with van der Waals surface area (Å²) in [6.07, 6.45) is 4.02. The lowest BCUT2D eigenvalue weighted by atomic mass is 9.96. The predicted molar refractivity (Wildman–Crippen MR) is 124 cm³/mol. The second-order valence-electron chi connectivity index (χ2n) is 8.24. The van der Waals surface area contributed by atoms with Gasteiger partial charge in [-0.2, -0.15) is 4.98 Å².